The first kappa shape index (κ1) is 24.0. The van der Waals surface area contributed by atoms with E-state index in [9.17, 15) is 8.42 Å². The smallest absolute Gasteiger partial charge is 0.240 e. The van der Waals surface area contributed by atoms with E-state index in [2.05, 4.69) is 29.9 Å². The minimum Gasteiger partial charge on any atom is -0.372 e. The van der Waals surface area contributed by atoms with Crippen LogP contribution in [0.2, 0.25) is 5.02 Å². The summed E-state index contributed by atoms with van der Waals surface area (Å²) < 4.78 is 36.3. The van der Waals surface area contributed by atoms with E-state index >= 15 is 0 Å². The number of ether oxygens (including phenoxy) is 1. The molecule has 3 rings (SSSR count). The van der Waals surface area contributed by atoms with Crippen molar-refractivity contribution in [1.82, 2.24) is 29.7 Å². The first-order valence-corrected chi connectivity index (χ1v) is 12.1. The molecule has 0 radical (unpaired) electrons. The van der Waals surface area contributed by atoms with Crippen LogP contribution in [-0.2, 0) is 14.8 Å². The maximum Gasteiger partial charge on any atom is 0.240 e. The average Bonchev–Trinajstić information content (AvgIpc) is 3.19. The number of rotatable bonds is 10. The van der Waals surface area contributed by atoms with E-state index in [1.807, 2.05) is 26.0 Å². The minimum absolute atomic E-state index is 0.0205. The molecule has 0 aliphatic carbocycles. The number of hydrogen-bond donors (Lipinski definition) is 1. The number of nitrogens with zero attached hydrogens (tertiary/aromatic N) is 6. The lowest BCUT2D eigenvalue weighted by Gasteiger charge is -2.23. The Bertz CT molecular complexity index is 1120. The lowest BCUT2D eigenvalue weighted by molar-refractivity contribution is 0.0950. The molecule has 0 aromatic carbocycles. The Labute approximate surface area is 192 Å². The van der Waals surface area contributed by atoms with Gasteiger partial charge in [0, 0.05) is 31.7 Å². The third-order valence-electron chi connectivity index (χ3n) is 5.20. The van der Waals surface area contributed by atoms with E-state index < -0.39 is 21.4 Å². The van der Waals surface area contributed by atoms with E-state index in [0.29, 0.717) is 16.5 Å². The maximum absolute atomic E-state index is 13.3. The molecule has 172 valence electrons. The van der Waals surface area contributed by atoms with Crippen molar-refractivity contribution in [3.63, 3.8) is 0 Å². The molecule has 0 spiro atoms. The van der Waals surface area contributed by atoms with Gasteiger partial charge in [0.05, 0.1) is 5.02 Å². The van der Waals surface area contributed by atoms with Gasteiger partial charge in [0.15, 0.2) is 11.6 Å². The van der Waals surface area contributed by atoms with E-state index in [1.165, 1.54) is 26.4 Å². The Hall–Kier alpha value is -2.63. The first-order valence-electron chi connectivity index (χ1n) is 10.2. The quantitative estimate of drug-likeness (QED) is 0.467. The van der Waals surface area contributed by atoms with Crippen molar-refractivity contribution in [1.29, 1.82) is 0 Å². The van der Waals surface area contributed by atoms with Crippen molar-refractivity contribution in [2.24, 2.45) is 0 Å². The molecule has 3 aromatic heterocycles. The van der Waals surface area contributed by atoms with Crippen LogP contribution in [0.15, 0.2) is 36.8 Å². The van der Waals surface area contributed by atoms with Crippen LogP contribution in [-0.4, -0.2) is 50.5 Å². The topological polar surface area (TPSA) is 125 Å². The molecule has 3 aromatic rings. The lowest BCUT2D eigenvalue weighted by atomic mass is 10.1. The van der Waals surface area contributed by atoms with Crippen molar-refractivity contribution < 1.29 is 13.2 Å². The van der Waals surface area contributed by atoms with E-state index in [0.717, 1.165) is 12.8 Å². The number of hydrogen-bond acceptors (Lipinski definition) is 8. The number of anilines is 1. The van der Waals surface area contributed by atoms with Crippen LogP contribution < -0.4 is 4.72 Å². The highest BCUT2D eigenvalue weighted by molar-refractivity contribution is 7.93. The summed E-state index contributed by atoms with van der Waals surface area (Å²) in [5.41, 5.74) is 0.606. The standard InChI is InChI=1S/C20H26ClN7O3S/c1-5-15(6-2)28-19(16-9-7-8-10-22-16)25-26-20(28)27-32(29,30)13(3)17(31-4)18-23-11-14(21)12-24-18/h7-13,15,17H,5-6H2,1-4H3,(H,26,27). The molecule has 0 fully saturated rings. The monoisotopic (exact) mass is 479 g/mol. The fraction of sp³-hybridized carbons (Fsp3) is 0.450. The molecule has 2 unspecified atom stereocenters. The van der Waals surface area contributed by atoms with Gasteiger partial charge in [-0.1, -0.05) is 31.5 Å². The molecular weight excluding hydrogens is 454 g/mol. The van der Waals surface area contributed by atoms with Crippen LogP contribution in [0.3, 0.4) is 0 Å². The molecule has 1 N–H and O–H groups in total. The third-order valence-corrected chi connectivity index (χ3v) is 7.08. The summed E-state index contributed by atoms with van der Waals surface area (Å²) in [7, 11) is -2.55. The molecule has 3 heterocycles. The van der Waals surface area contributed by atoms with Crippen molar-refractivity contribution >= 4 is 27.6 Å². The van der Waals surface area contributed by atoms with E-state index in [4.69, 9.17) is 16.3 Å². The summed E-state index contributed by atoms with van der Waals surface area (Å²) in [6, 6.07) is 5.43. The molecule has 12 heteroatoms. The molecular formula is C20H26ClN7O3S. The summed E-state index contributed by atoms with van der Waals surface area (Å²) in [4.78, 5) is 12.6. The predicted molar refractivity (Wildman–Crippen MR) is 122 cm³/mol. The number of aromatic nitrogens is 6. The van der Waals surface area contributed by atoms with Crippen molar-refractivity contribution in [2.75, 3.05) is 11.8 Å². The summed E-state index contributed by atoms with van der Waals surface area (Å²) in [6.07, 6.45) is 5.06. The second kappa shape index (κ2) is 10.3. The highest BCUT2D eigenvalue weighted by Crippen LogP contribution is 2.30. The Kier molecular flexibility index (Phi) is 7.75. The van der Waals surface area contributed by atoms with Gasteiger partial charge < -0.3 is 4.74 Å². The van der Waals surface area contributed by atoms with Gasteiger partial charge in [-0.3, -0.25) is 14.3 Å². The van der Waals surface area contributed by atoms with E-state index in [1.54, 1.807) is 16.8 Å². The van der Waals surface area contributed by atoms with E-state index in [-0.39, 0.29) is 17.8 Å². The van der Waals surface area contributed by atoms with Gasteiger partial charge in [-0.25, -0.2) is 18.4 Å². The number of halogens is 1. The van der Waals surface area contributed by atoms with Crippen LogP contribution in [0.25, 0.3) is 11.5 Å². The number of methoxy groups -OCH3 is 1. The van der Waals surface area contributed by atoms with Crippen LogP contribution >= 0.6 is 11.6 Å². The molecule has 0 amide bonds. The molecule has 0 aliphatic heterocycles. The summed E-state index contributed by atoms with van der Waals surface area (Å²) in [6.45, 7) is 5.57. The van der Waals surface area contributed by atoms with Crippen molar-refractivity contribution in [3.8, 4) is 11.5 Å². The van der Waals surface area contributed by atoms with Gasteiger partial charge in [0.1, 0.15) is 17.0 Å². The third kappa shape index (κ3) is 5.05. The Morgan fingerprint density at radius 3 is 2.38 bits per heavy atom. The van der Waals surface area contributed by atoms with Gasteiger partial charge >= 0.3 is 0 Å². The molecule has 10 nitrogen and oxygen atoms in total. The highest BCUT2D eigenvalue weighted by Gasteiger charge is 2.34. The highest BCUT2D eigenvalue weighted by atomic mass is 35.5. The van der Waals surface area contributed by atoms with Gasteiger partial charge in [0.2, 0.25) is 16.0 Å². The second-order valence-corrected chi connectivity index (χ2v) is 9.64. The first-order chi connectivity index (χ1) is 15.3. The molecule has 0 aliphatic rings. The second-order valence-electron chi connectivity index (χ2n) is 7.17. The largest absolute Gasteiger partial charge is 0.372 e. The van der Waals surface area contributed by atoms with Crippen molar-refractivity contribution in [3.05, 3.63) is 47.6 Å². The van der Waals surface area contributed by atoms with Gasteiger partial charge in [-0.2, -0.15) is 0 Å². The minimum atomic E-state index is -3.96. The van der Waals surface area contributed by atoms with Gasteiger partial charge in [-0.15, -0.1) is 10.2 Å². The summed E-state index contributed by atoms with van der Waals surface area (Å²) in [5, 5.41) is 7.69. The van der Waals surface area contributed by atoms with Crippen molar-refractivity contribution in [2.45, 2.75) is 51.0 Å². The predicted octanol–water partition coefficient (Wildman–Crippen LogP) is 3.66. The fourth-order valence-corrected chi connectivity index (χ4v) is 4.62. The molecule has 32 heavy (non-hydrogen) atoms. The number of pyridine rings is 1. The average molecular weight is 480 g/mol. The zero-order valence-electron chi connectivity index (χ0n) is 18.3. The molecule has 0 bridgehead atoms. The lowest BCUT2D eigenvalue weighted by Crippen LogP contribution is -2.33. The van der Waals surface area contributed by atoms with Crippen LogP contribution in [0.5, 0.6) is 0 Å². The van der Waals surface area contributed by atoms with Crippen LogP contribution in [0.4, 0.5) is 5.95 Å². The molecule has 0 saturated carbocycles. The Balaban J connectivity index is 1.97. The van der Waals surface area contributed by atoms with Crippen LogP contribution in [0.1, 0.15) is 51.6 Å². The SMILES string of the molecule is CCC(CC)n1c(NS(=O)(=O)C(C)C(OC)c2ncc(Cl)cn2)nnc1-c1ccccn1. The Morgan fingerprint density at radius 1 is 1.12 bits per heavy atom. The molecule has 0 saturated heterocycles. The molecule has 2 atom stereocenters. The summed E-state index contributed by atoms with van der Waals surface area (Å²) >= 11 is 5.84. The van der Waals surface area contributed by atoms with Crippen LogP contribution in [0, 0.1) is 0 Å². The van der Waals surface area contributed by atoms with Gasteiger partial charge in [-0.05, 0) is 31.9 Å². The van der Waals surface area contributed by atoms with Gasteiger partial charge in [0.25, 0.3) is 0 Å². The summed E-state index contributed by atoms with van der Waals surface area (Å²) in [5.74, 6) is 0.831. The fourth-order valence-electron chi connectivity index (χ4n) is 3.39. The number of sulfonamides is 1. The normalized spacial score (nSPS) is 13.8. The maximum atomic E-state index is 13.3. The zero-order chi connectivity index (χ0) is 23.3. The Morgan fingerprint density at radius 2 is 1.81 bits per heavy atom. The zero-order valence-corrected chi connectivity index (χ0v) is 19.9. The number of nitrogens with one attached hydrogen (secondary N) is 1.